The molecule has 2 rings (SSSR count). The highest BCUT2D eigenvalue weighted by Gasteiger charge is 2.15. The van der Waals surface area contributed by atoms with Crippen molar-refractivity contribution in [1.82, 2.24) is 5.32 Å². The Hall–Kier alpha value is -2.62. The van der Waals surface area contributed by atoms with Crippen LogP contribution in [0.1, 0.15) is 55.1 Å². The molecule has 0 atom stereocenters. The van der Waals surface area contributed by atoms with Crippen molar-refractivity contribution in [3.05, 3.63) is 65.2 Å². The number of ether oxygens (including phenoxy) is 1. The average Bonchev–Trinajstić information content (AvgIpc) is 2.64. The lowest BCUT2D eigenvalue weighted by Crippen LogP contribution is -2.23. The molecule has 1 N–H and O–H groups in total. The van der Waals surface area contributed by atoms with Crippen molar-refractivity contribution in [1.29, 1.82) is 0 Å². The topological polar surface area (TPSA) is 55.4 Å². The summed E-state index contributed by atoms with van der Waals surface area (Å²) in [7, 11) is 1.60. The number of benzene rings is 2. The molecule has 0 spiro atoms. The summed E-state index contributed by atoms with van der Waals surface area (Å²) in [4.78, 5) is 24.3. The van der Waals surface area contributed by atoms with Crippen LogP contribution in [0.25, 0.3) is 0 Å². The lowest BCUT2D eigenvalue weighted by Gasteiger charge is -2.18. The second-order valence-corrected chi connectivity index (χ2v) is 7.34. The third-order valence-corrected chi connectivity index (χ3v) is 4.32. The normalized spacial score (nSPS) is 11.1. The van der Waals surface area contributed by atoms with Crippen molar-refractivity contribution >= 4 is 11.7 Å². The zero-order chi connectivity index (χ0) is 19.2. The minimum atomic E-state index is -0.143. The van der Waals surface area contributed by atoms with E-state index in [1.807, 2.05) is 48.5 Å². The van der Waals surface area contributed by atoms with Crippen LogP contribution in [0.15, 0.2) is 48.5 Å². The standard InChI is InChI=1S/C22H27NO3/c1-22(2,3)18-11-9-16(10-12-18)19(24)13-14-21(25)23-15-17-7-5-6-8-20(17)26-4/h5-12H,13-15H2,1-4H3,(H,23,25). The molecule has 0 saturated carbocycles. The molecule has 0 radical (unpaired) electrons. The van der Waals surface area contributed by atoms with E-state index in [4.69, 9.17) is 4.74 Å². The summed E-state index contributed by atoms with van der Waals surface area (Å²) in [5.41, 5.74) is 2.80. The van der Waals surface area contributed by atoms with Crippen LogP contribution < -0.4 is 10.1 Å². The number of amides is 1. The number of ketones is 1. The Balaban J connectivity index is 1.84. The summed E-state index contributed by atoms with van der Waals surface area (Å²) in [5, 5.41) is 2.84. The third kappa shape index (κ3) is 5.45. The number of Topliss-reactive ketones (excluding diaryl/α,β-unsaturated/α-hetero) is 1. The summed E-state index contributed by atoms with van der Waals surface area (Å²) in [5.74, 6) is 0.580. The Morgan fingerprint density at radius 3 is 2.23 bits per heavy atom. The monoisotopic (exact) mass is 353 g/mol. The van der Waals surface area contributed by atoms with Crippen molar-refractivity contribution in [2.24, 2.45) is 0 Å². The van der Waals surface area contributed by atoms with E-state index >= 15 is 0 Å². The molecule has 1 amide bonds. The van der Waals surface area contributed by atoms with Crippen LogP contribution in [0.2, 0.25) is 0 Å². The second-order valence-electron chi connectivity index (χ2n) is 7.34. The van der Waals surface area contributed by atoms with Crippen molar-refractivity contribution < 1.29 is 14.3 Å². The van der Waals surface area contributed by atoms with Gasteiger partial charge in [0.1, 0.15) is 5.75 Å². The molecule has 138 valence electrons. The fourth-order valence-corrected chi connectivity index (χ4v) is 2.66. The fourth-order valence-electron chi connectivity index (χ4n) is 2.66. The van der Waals surface area contributed by atoms with Crippen molar-refractivity contribution in [2.75, 3.05) is 7.11 Å². The van der Waals surface area contributed by atoms with E-state index < -0.39 is 0 Å². The van der Waals surface area contributed by atoms with E-state index in [2.05, 4.69) is 26.1 Å². The fraction of sp³-hybridized carbons (Fsp3) is 0.364. The number of hydrogen-bond acceptors (Lipinski definition) is 3. The maximum absolute atomic E-state index is 12.3. The minimum absolute atomic E-state index is 0.0158. The quantitative estimate of drug-likeness (QED) is 0.756. The molecular weight excluding hydrogens is 326 g/mol. The molecule has 4 nitrogen and oxygen atoms in total. The zero-order valence-corrected chi connectivity index (χ0v) is 16.0. The smallest absolute Gasteiger partial charge is 0.220 e. The molecular formula is C22H27NO3. The van der Waals surface area contributed by atoms with Gasteiger partial charge in [0.2, 0.25) is 5.91 Å². The van der Waals surface area contributed by atoms with Gasteiger partial charge in [0.15, 0.2) is 5.78 Å². The maximum atomic E-state index is 12.3. The molecule has 0 bridgehead atoms. The Kier molecular flexibility index (Phi) is 6.56. The van der Waals surface area contributed by atoms with Gasteiger partial charge in [0.25, 0.3) is 0 Å². The first-order valence-electron chi connectivity index (χ1n) is 8.83. The van der Waals surface area contributed by atoms with E-state index in [1.54, 1.807) is 7.11 Å². The largest absolute Gasteiger partial charge is 0.496 e. The second kappa shape index (κ2) is 8.65. The molecule has 0 aliphatic heterocycles. The van der Waals surface area contributed by atoms with Gasteiger partial charge in [-0.25, -0.2) is 0 Å². The third-order valence-electron chi connectivity index (χ3n) is 4.32. The summed E-state index contributed by atoms with van der Waals surface area (Å²) in [6, 6.07) is 15.2. The molecule has 4 heteroatoms. The van der Waals surface area contributed by atoms with Gasteiger partial charge in [0, 0.05) is 30.5 Å². The molecule has 0 saturated heterocycles. The molecule has 2 aromatic rings. The van der Waals surface area contributed by atoms with E-state index in [0.29, 0.717) is 12.1 Å². The predicted molar refractivity (Wildman–Crippen MR) is 104 cm³/mol. The highest BCUT2D eigenvalue weighted by atomic mass is 16.5. The number of rotatable bonds is 7. The van der Waals surface area contributed by atoms with Gasteiger partial charge in [-0.2, -0.15) is 0 Å². The number of para-hydroxylation sites is 1. The van der Waals surface area contributed by atoms with Gasteiger partial charge < -0.3 is 10.1 Å². The van der Waals surface area contributed by atoms with Crippen LogP contribution in [-0.4, -0.2) is 18.8 Å². The highest BCUT2D eigenvalue weighted by molar-refractivity contribution is 5.98. The van der Waals surface area contributed by atoms with Gasteiger partial charge in [-0.15, -0.1) is 0 Å². The summed E-state index contributed by atoms with van der Waals surface area (Å²) in [6.45, 7) is 6.79. The Labute approximate surface area is 155 Å². The number of carbonyl (C=O) groups excluding carboxylic acids is 2. The van der Waals surface area contributed by atoms with Gasteiger partial charge in [0.05, 0.1) is 7.11 Å². The molecule has 0 fully saturated rings. The molecule has 0 aliphatic rings. The van der Waals surface area contributed by atoms with E-state index in [0.717, 1.165) is 11.3 Å². The van der Waals surface area contributed by atoms with Crippen LogP contribution in [0.3, 0.4) is 0 Å². The molecule has 0 unspecified atom stereocenters. The van der Waals surface area contributed by atoms with Gasteiger partial charge >= 0.3 is 0 Å². The van der Waals surface area contributed by atoms with Gasteiger partial charge in [-0.3, -0.25) is 9.59 Å². The lowest BCUT2D eigenvalue weighted by molar-refractivity contribution is -0.121. The van der Waals surface area contributed by atoms with Crippen LogP contribution in [0.4, 0.5) is 0 Å². The van der Waals surface area contributed by atoms with Crippen LogP contribution in [-0.2, 0) is 16.8 Å². The SMILES string of the molecule is COc1ccccc1CNC(=O)CCC(=O)c1ccc(C(C)(C)C)cc1. The molecule has 0 aliphatic carbocycles. The number of hydrogen-bond donors (Lipinski definition) is 1. The van der Waals surface area contributed by atoms with Crippen molar-refractivity contribution in [3.8, 4) is 5.75 Å². The molecule has 0 heterocycles. The van der Waals surface area contributed by atoms with Gasteiger partial charge in [-0.1, -0.05) is 63.2 Å². The van der Waals surface area contributed by atoms with Crippen LogP contribution in [0, 0.1) is 0 Å². The molecule has 2 aromatic carbocycles. The summed E-state index contributed by atoms with van der Waals surface area (Å²) >= 11 is 0. The van der Waals surface area contributed by atoms with E-state index in [9.17, 15) is 9.59 Å². The highest BCUT2D eigenvalue weighted by Crippen LogP contribution is 2.22. The maximum Gasteiger partial charge on any atom is 0.220 e. The first kappa shape index (κ1) is 19.7. The van der Waals surface area contributed by atoms with Crippen LogP contribution in [0.5, 0.6) is 5.75 Å². The lowest BCUT2D eigenvalue weighted by atomic mass is 9.86. The Morgan fingerprint density at radius 2 is 1.62 bits per heavy atom. The zero-order valence-electron chi connectivity index (χ0n) is 16.0. The first-order chi connectivity index (χ1) is 12.3. The van der Waals surface area contributed by atoms with Crippen LogP contribution >= 0.6 is 0 Å². The Bertz CT molecular complexity index is 758. The number of carbonyl (C=O) groups is 2. The van der Waals surface area contributed by atoms with E-state index in [1.165, 1.54) is 5.56 Å². The van der Waals surface area contributed by atoms with Crippen molar-refractivity contribution in [3.63, 3.8) is 0 Å². The number of methoxy groups -OCH3 is 1. The molecule has 0 aromatic heterocycles. The summed E-state index contributed by atoms with van der Waals surface area (Å²) in [6.07, 6.45) is 0.377. The number of nitrogens with one attached hydrogen (secondary N) is 1. The summed E-state index contributed by atoms with van der Waals surface area (Å²) < 4.78 is 5.26. The van der Waals surface area contributed by atoms with Crippen molar-refractivity contribution in [2.45, 2.75) is 45.6 Å². The van der Waals surface area contributed by atoms with Gasteiger partial charge in [-0.05, 0) is 17.0 Å². The Morgan fingerprint density at radius 1 is 0.962 bits per heavy atom. The first-order valence-corrected chi connectivity index (χ1v) is 8.83. The van der Waals surface area contributed by atoms with E-state index in [-0.39, 0.29) is 29.9 Å². The molecule has 26 heavy (non-hydrogen) atoms. The minimum Gasteiger partial charge on any atom is -0.496 e. The predicted octanol–water partition coefficient (Wildman–Crippen LogP) is 4.27. The average molecular weight is 353 g/mol.